The Morgan fingerprint density at radius 1 is 1.06 bits per heavy atom. The van der Waals surface area contributed by atoms with Gasteiger partial charge in [0.25, 0.3) is 5.91 Å². The van der Waals surface area contributed by atoms with Gasteiger partial charge in [0.05, 0.1) is 25.6 Å². The summed E-state index contributed by atoms with van der Waals surface area (Å²) in [6.45, 7) is 4.77. The van der Waals surface area contributed by atoms with Crippen LogP contribution in [-0.2, 0) is 11.3 Å². The standard InChI is InChI=1S/C26H30N2O3/c1-17-7-6-10-24(18(17)2)27-15-23-21-8-4-5-9-22(21)25(29)28(26(23)30)16-19-11-13-20(31-3)14-12-19/h4-5,8-9,11-15,17-18,23-24H,6-7,10,16H2,1-3H3/t17-,18+,23?,24+/m0/s1. The van der Waals surface area contributed by atoms with Gasteiger partial charge in [-0.05, 0) is 47.6 Å². The fourth-order valence-corrected chi connectivity index (χ4v) is 4.68. The van der Waals surface area contributed by atoms with E-state index < -0.39 is 5.92 Å². The number of amides is 2. The van der Waals surface area contributed by atoms with E-state index in [1.807, 2.05) is 42.5 Å². The second-order valence-electron chi connectivity index (χ2n) is 8.78. The van der Waals surface area contributed by atoms with Gasteiger partial charge < -0.3 is 4.74 Å². The molecule has 0 radical (unpaired) electrons. The van der Waals surface area contributed by atoms with E-state index in [1.165, 1.54) is 17.7 Å². The highest BCUT2D eigenvalue weighted by atomic mass is 16.5. The smallest absolute Gasteiger partial charge is 0.261 e. The third-order valence-corrected chi connectivity index (χ3v) is 6.89. The Bertz CT molecular complexity index is 982. The zero-order valence-corrected chi connectivity index (χ0v) is 18.5. The van der Waals surface area contributed by atoms with Crippen molar-refractivity contribution in [3.8, 4) is 5.75 Å². The normalized spacial score (nSPS) is 26.2. The number of carbonyl (C=O) groups excluding carboxylic acids is 2. The molecular formula is C26H30N2O3. The van der Waals surface area contributed by atoms with Crippen molar-refractivity contribution >= 4 is 18.0 Å². The highest BCUT2D eigenvalue weighted by molar-refractivity contribution is 6.16. The molecule has 5 heteroatoms. The molecule has 31 heavy (non-hydrogen) atoms. The van der Waals surface area contributed by atoms with E-state index in [9.17, 15) is 9.59 Å². The van der Waals surface area contributed by atoms with Crippen LogP contribution in [0.1, 0.15) is 60.5 Å². The fourth-order valence-electron chi connectivity index (χ4n) is 4.68. The number of carbonyl (C=O) groups is 2. The Morgan fingerprint density at radius 3 is 2.55 bits per heavy atom. The first-order chi connectivity index (χ1) is 15.0. The SMILES string of the molecule is COc1ccc(CN2C(=O)c3ccccc3C(C=N[C@@H]3CCC[C@H](C)[C@H]3C)C2=O)cc1. The molecule has 4 atom stereocenters. The van der Waals surface area contributed by atoms with Crippen LogP contribution in [0, 0.1) is 11.8 Å². The van der Waals surface area contributed by atoms with Crippen LogP contribution in [0.5, 0.6) is 5.75 Å². The van der Waals surface area contributed by atoms with E-state index in [-0.39, 0.29) is 24.4 Å². The van der Waals surface area contributed by atoms with Gasteiger partial charge in [-0.1, -0.05) is 57.0 Å². The minimum atomic E-state index is -0.531. The first-order valence-electron chi connectivity index (χ1n) is 11.1. The lowest BCUT2D eigenvalue weighted by Crippen LogP contribution is -2.44. The van der Waals surface area contributed by atoms with Crippen LogP contribution in [-0.4, -0.2) is 36.1 Å². The molecule has 2 aromatic rings. The number of fused-ring (bicyclic) bond motifs is 1. The number of benzene rings is 2. The maximum Gasteiger partial charge on any atom is 0.261 e. The van der Waals surface area contributed by atoms with Gasteiger partial charge in [0.15, 0.2) is 0 Å². The molecule has 1 fully saturated rings. The lowest BCUT2D eigenvalue weighted by Gasteiger charge is -2.33. The largest absolute Gasteiger partial charge is 0.497 e. The zero-order chi connectivity index (χ0) is 22.0. The van der Waals surface area contributed by atoms with Crippen LogP contribution >= 0.6 is 0 Å². The number of rotatable bonds is 5. The van der Waals surface area contributed by atoms with Gasteiger partial charge in [-0.2, -0.15) is 0 Å². The maximum absolute atomic E-state index is 13.4. The van der Waals surface area contributed by atoms with Gasteiger partial charge in [0, 0.05) is 11.8 Å². The average Bonchev–Trinajstić information content (AvgIpc) is 2.79. The average molecular weight is 419 g/mol. The summed E-state index contributed by atoms with van der Waals surface area (Å²) in [5.74, 6) is 0.887. The summed E-state index contributed by atoms with van der Waals surface area (Å²) in [5, 5.41) is 0. The summed E-state index contributed by atoms with van der Waals surface area (Å²) in [5.41, 5.74) is 2.22. The number of hydrogen-bond donors (Lipinski definition) is 0. The van der Waals surface area contributed by atoms with Crippen molar-refractivity contribution in [2.75, 3.05) is 7.11 Å². The molecular weight excluding hydrogens is 388 g/mol. The number of nitrogens with zero attached hydrogens (tertiary/aromatic N) is 2. The fraction of sp³-hybridized carbons (Fsp3) is 0.423. The van der Waals surface area contributed by atoms with Crippen molar-refractivity contribution in [3.63, 3.8) is 0 Å². The van der Waals surface area contributed by atoms with Crippen LogP contribution < -0.4 is 4.74 Å². The molecule has 0 aromatic heterocycles. The molecule has 1 unspecified atom stereocenters. The topological polar surface area (TPSA) is 59.0 Å². The van der Waals surface area contributed by atoms with Crippen LogP contribution in [0.3, 0.4) is 0 Å². The van der Waals surface area contributed by atoms with Crippen molar-refractivity contribution in [1.82, 2.24) is 4.90 Å². The van der Waals surface area contributed by atoms with Crippen LogP contribution in [0.15, 0.2) is 53.5 Å². The Balaban J connectivity index is 1.62. The highest BCUT2D eigenvalue weighted by Crippen LogP contribution is 2.33. The summed E-state index contributed by atoms with van der Waals surface area (Å²) >= 11 is 0. The number of ether oxygens (including phenoxy) is 1. The number of aliphatic imine (C=N–C) groups is 1. The molecule has 1 aliphatic heterocycles. The molecule has 1 saturated carbocycles. The molecule has 4 rings (SSSR count). The predicted octanol–water partition coefficient (Wildman–Crippen LogP) is 4.86. The van der Waals surface area contributed by atoms with Gasteiger partial charge in [0.2, 0.25) is 5.91 Å². The first kappa shape index (κ1) is 21.3. The van der Waals surface area contributed by atoms with E-state index in [0.29, 0.717) is 17.4 Å². The lowest BCUT2D eigenvalue weighted by atomic mass is 9.78. The molecule has 0 spiro atoms. The zero-order valence-electron chi connectivity index (χ0n) is 18.5. The Labute approximate surface area is 184 Å². The molecule has 0 bridgehead atoms. The molecule has 0 N–H and O–H groups in total. The summed E-state index contributed by atoms with van der Waals surface area (Å²) in [6.07, 6.45) is 5.26. The number of methoxy groups -OCH3 is 1. The molecule has 2 aliphatic rings. The van der Waals surface area contributed by atoms with Crippen molar-refractivity contribution in [1.29, 1.82) is 0 Å². The molecule has 5 nitrogen and oxygen atoms in total. The summed E-state index contributed by atoms with van der Waals surface area (Å²) in [7, 11) is 1.61. The molecule has 1 aliphatic carbocycles. The molecule has 2 amide bonds. The van der Waals surface area contributed by atoms with Gasteiger partial charge >= 0.3 is 0 Å². The van der Waals surface area contributed by atoms with Crippen molar-refractivity contribution in [2.24, 2.45) is 16.8 Å². The number of imide groups is 1. The summed E-state index contributed by atoms with van der Waals surface area (Å²) in [6, 6.07) is 15.1. The molecule has 1 heterocycles. The Morgan fingerprint density at radius 2 is 1.81 bits per heavy atom. The molecule has 0 saturated heterocycles. The van der Waals surface area contributed by atoms with Gasteiger partial charge in [0.1, 0.15) is 5.75 Å². The minimum absolute atomic E-state index is 0.209. The van der Waals surface area contributed by atoms with Crippen molar-refractivity contribution in [2.45, 2.75) is 51.6 Å². The van der Waals surface area contributed by atoms with Crippen molar-refractivity contribution in [3.05, 3.63) is 65.2 Å². The highest BCUT2D eigenvalue weighted by Gasteiger charge is 2.38. The first-order valence-corrected chi connectivity index (χ1v) is 11.1. The number of hydrogen-bond acceptors (Lipinski definition) is 4. The van der Waals surface area contributed by atoms with Crippen LogP contribution in [0.2, 0.25) is 0 Å². The molecule has 2 aromatic carbocycles. The van der Waals surface area contributed by atoms with E-state index in [1.54, 1.807) is 19.4 Å². The third kappa shape index (κ3) is 4.27. The Kier molecular flexibility index (Phi) is 6.21. The van der Waals surface area contributed by atoms with Crippen LogP contribution in [0.4, 0.5) is 0 Å². The molecule has 162 valence electrons. The van der Waals surface area contributed by atoms with Gasteiger partial charge in [-0.25, -0.2) is 0 Å². The maximum atomic E-state index is 13.4. The van der Waals surface area contributed by atoms with Crippen LogP contribution in [0.25, 0.3) is 0 Å². The van der Waals surface area contributed by atoms with E-state index >= 15 is 0 Å². The summed E-state index contributed by atoms with van der Waals surface area (Å²) in [4.78, 5) is 32.8. The third-order valence-electron chi connectivity index (χ3n) is 6.89. The summed E-state index contributed by atoms with van der Waals surface area (Å²) < 4.78 is 5.21. The van der Waals surface area contributed by atoms with Gasteiger partial charge in [-0.15, -0.1) is 0 Å². The van der Waals surface area contributed by atoms with Gasteiger partial charge in [-0.3, -0.25) is 19.5 Å². The minimum Gasteiger partial charge on any atom is -0.497 e. The predicted molar refractivity (Wildman–Crippen MR) is 122 cm³/mol. The second-order valence-corrected chi connectivity index (χ2v) is 8.78. The lowest BCUT2D eigenvalue weighted by molar-refractivity contribution is -0.129. The van der Waals surface area contributed by atoms with E-state index in [2.05, 4.69) is 13.8 Å². The van der Waals surface area contributed by atoms with Crippen molar-refractivity contribution < 1.29 is 14.3 Å². The Hall–Kier alpha value is -2.95. The van der Waals surface area contributed by atoms with E-state index in [0.717, 1.165) is 23.3 Å². The quantitative estimate of drug-likeness (QED) is 0.515. The second kappa shape index (κ2) is 9.04. The van der Waals surface area contributed by atoms with E-state index in [4.69, 9.17) is 9.73 Å². The monoisotopic (exact) mass is 418 g/mol.